The Balaban J connectivity index is 4.60. The summed E-state index contributed by atoms with van der Waals surface area (Å²) in [6, 6.07) is 0. The van der Waals surface area contributed by atoms with Gasteiger partial charge < -0.3 is 4.90 Å². The zero-order valence-electron chi connectivity index (χ0n) is 12.1. The lowest BCUT2D eigenvalue weighted by atomic mass is 9.80. The van der Waals surface area contributed by atoms with E-state index in [0.29, 0.717) is 13.0 Å². The molecule has 0 saturated carbocycles. The fourth-order valence-corrected chi connectivity index (χ4v) is 1.96. The zero-order valence-corrected chi connectivity index (χ0v) is 12.1. The highest BCUT2D eigenvalue weighted by molar-refractivity contribution is 5.89. The third kappa shape index (κ3) is 5.97. The minimum absolute atomic E-state index is 0.0150. The van der Waals surface area contributed by atoms with Crippen LogP contribution in [0.15, 0.2) is 0 Å². The van der Waals surface area contributed by atoms with Crippen molar-refractivity contribution in [3.63, 3.8) is 0 Å². The SMILES string of the molecule is CC[C@H](C)[C@H](CC(=O)CN(C)C)C(=O)C(C)C. The van der Waals surface area contributed by atoms with Gasteiger partial charge in [-0.1, -0.05) is 34.1 Å². The average Bonchev–Trinajstić information content (AvgIpc) is 2.22. The first-order chi connectivity index (χ1) is 7.79. The highest BCUT2D eigenvalue weighted by Gasteiger charge is 2.28. The van der Waals surface area contributed by atoms with Gasteiger partial charge in [0, 0.05) is 18.3 Å². The molecule has 0 rings (SSSR count). The molecule has 0 saturated heterocycles. The molecule has 3 heteroatoms. The lowest BCUT2D eigenvalue weighted by Crippen LogP contribution is -2.31. The summed E-state index contributed by atoms with van der Waals surface area (Å²) in [4.78, 5) is 25.8. The van der Waals surface area contributed by atoms with Gasteiger partial charge in [-0.3, -0.25) is 9.59 Å². The summed E-state index contributed by atoms with van der Waals surface area (Å²) in [5.74, 6) is 0.588. The molecular formula is C14H27NO2. The Labute approximate surface area is 106 Å². The molecule has 0 amide bonds. The summed E-state index contributed by atoms with van der Waals surface area (Å²) in [6.45, 7) is 8.39. The van der Waals surface area contributed by atoms with Crippen molar-refractivity contribution in [2.24, 2.45) is 17.8 Å². The second kappa shape index (κ2) is 7.59. The van der Waals surface area contributed by atoms with Gasteiger partial charge in [0.15, 0.2) is 0 Å². The van der Waals surface area contributed by atoms with Gasteiger partial charge in [0.2, 0.25) is 0 Å². The third-order valence-electron chi connectivity index (χ3n) is 3.21. The number of nitrogens with zero attached hydrogens (tertiary/aromatic N) is 1. The molecule has 0 aliphatic carbocycles. The van der Waals surface area contributed by atoms with Gasteiger partial charge in [-0.2, -0.15) is 0 Å². The first kappa shape index (κ1) is 16.3. The molecule has 0 aliphatic heterocycles. The number of ketones is 2. The molecule has 0 bridgehead atoms. The molecule has 0 fully saturated rings. The monoisotopic (exact) mass is 241 g/mol. The molecule has 3 nitrogen and oxygen atoms in total. The number of carbonyl (C=O) groups excluding carboxylic acids is 2. The lowest BCUT2D eigenvalue weighted by Gasteiger charge is -2.23. The second-order valence-corrected chi connectivity index (χ2v) is 5.53. The van der Waals surface area contributed by atoms with E-state index in [1.807, 2.05) is 32.8 Å². The number of likely N-dealkylation sites (N-methyl/N-ethyl adjacent to an activating group) is 1. The van der Waals surface area contributed by atoms with Crippen molar-refractivity contribution in [2.75, 3.05) is 20.6 Å². The molecule has 0 aromatic carbocycles. The van der Waals surface area contributed by atoms with Crippen LogP contribution in [0, 0.1) is 17.8 Å². The van der Waals surface area contributed by atoms with Crippen LogP contribution in [0.2, 0.25) is 0 Å². The molecule has 0 aliphatic rings. The van der Waals surface area contributed by atoms with Crippen LogP contribution in [0.5, 0.6) is 0 Å². The van der Waals surface area contributed by atoms with Crippen LogP contribution in [0.4, 0.5) is 0 Å². The molecule has 2 atom stereocenters. The number of carbonyl (C=O) groups is 2. The summed E-state index contributed by atoms with van der Waals surface area (Å²) >= 11 is 0. The van der Waals surface area contributed by atoms with E-state index in [9.17, 15) is 9.59 Å². The van der Waals surface area contributed by atoms with Gasteiger partial charge in [-0.05, 0) is 20.0 Å². The summed E-state index contributed by atoms with van der Waals surface area (Å²) in [5, 5.41) is 0. The lowest BCUT2D eigenvalue weighted by molar-refractivity contribution is -0.132. The van der Waals surface area contributed by atoms with E-state index in [-0.39, 0.29) is 29.3 Å². The maximum absolute atomic E-state index is 12.1. The number of hydrogen-bond acceptors (Lipinski definition) is 3. The molecule has 17 heavy (non-hydrogen) atoms. The Morgan fingerprint density at radius 3 is 2.00 bits per heavy atom. The predicted molar refractivity (Wildman–Crippen MR) is 71.0 cm³/mol. The minimum Gasteiger partial charge on any atom is -0.302 e. The highest BCUT2D eigenvalue weighted by Crippen LogP contribution is 2.23. The van der Waals surface area contributed by atoms with Crippen LogP contribution in [0.1, 0.15) is 40.5 Å². The van der Waals surface area contributed by atoms with Crippen LogP contribution in [-0.2, 0) is 9.59 Å². The Morgan fingerprint density at radius 1 is 1.12 bits per heavy atom. The summed E-state index contributed by atoms with van der Waals surface area (Å²) < 4.78 is 0. The highest BCUT2D eigenvalue weighted by atomic mass is 16.1. The van der Waals surface area contributed by atoms with E-state index in [4.69, 9.17) is 0 Å². The molecule has 0 N–H and O–H groups in total. The largest absolute Gasteiger partial charge is 0.302 e. The van der Waals surface area contributed by atoms with Crippen molar-refractivity contribution in [1.29, 1.82) is 0 Å². The van der Waals surface area contributed by atoms with Gasteiger partial charge >= 0.3 is 0 Å². The number of Topliss-reactive ketones (excluding diaryl/α,β-unsaturated/α-hetero) is 2. The van der Waals surface area contributed by atoms with Crippen LogP contribution < -0.4 is 0 Å². The van der Waals surface area contributed by atoms with Crippen LogP contribution >= 0.6 is 0 Å². The van der Waals surface area contributed by atoms with E-state index in [1.54, 1.807) is 0 Å². The Hall–Kier alpha value is -0.700. The minimum atomic E-state index is -0.104. The first-order valence-electron chi connectivity index (χ1n) is 6.49. The fraction of sp³-hybridized carbons (Fsp3) is 0.857. The molecular weight excluding hydrogens is 214 g/mol. The predicted octanol–water partition coefficient (Wildman–Crippen LogP) is 2.39. The van der Waals surface area contributed by atoms with E-state index in [0.717, 1.165) is 6.42 Å². The molecule has 0 aromatic heterocycles. The third-order valence-corrected chi connectivity index (χ3v) is 3.21. The van der Waals surface area contributed by atoms with Crippen molar-refractivity contribution in [3.05, 3.63) is 0 Å². The number of rotatable bonds is 8. The summed E-state index contributed by atoms with van der Waals surface area (Å²) in [5.41, 5.74) is 0. The molecule has 100 valence electrons. The Kier molecular flexibility index (Phi) is 7.28. The van der Waals surface area contributed by atoms with Crippen molar-refractivity contribution in [1.82, 2.24) is 4.90 Å². The topological polar surface area (TPSA) is 37.4 Å². The van der Waals surface area contributed by atoms with Crippen molar-refractivity contribution in [3.8, 4) is 0 Å². The van der Waals surface area contributed by atoms with E-state index < -0.39 is 0 Å². The van der Waals surface area contributed by atoms with Gasteiger partial charge in [0.05, 0.1) is 6.54 Å². The smallest absolute Gasteiger partial charge is 0.147 e. The fourth-order valence-electron chi connectivity index (χ4n) is 1.96. The van der Waals surface area contributed by atoms with Gasteiger partial charge in [-0.25, -0.2) is 0 Å². The Morgan fingerprint density at radius 2 is 1.65 bits per heavy atom. The van der Waals surface area contributed by atoms with E-state index in [1.165, 1.54) is 0 Å². The standard InChI is InChI=1S/C14H27NO2/c1-7-11(4)13(14(17)10(2)3)8-12(16)9-15(5)6/h10-11,13H,7-9H2,1-6H3/t11-,13-/m0/s1. The number of hydrogen-bond donors (Lipinski definition) is 0. The summed E-state index contributed by atoms with van der Waals surface area (Å²) in [7, 11) is 3.75. The van der Waals surface area contributed by atoms with Crippen LogP contribution in [0.3, 0.4) is 0 Å². The van der Waals surface area contributed by atoms with Gasteiger partial charge in [-0.15, -0.1) is 0 Å². The Bertz CT molecular complexity index is 259. The average molecular weight is 241 g/mol. The molecule has 0 unspecified atom stereocenters. The van der Waals surface area contributed by atoms with Crippen molar-refractivity contribution in [2.45, 2.75) is 40.5 Å². The second-order valence-electron chi connectivity index (χ2n) is 5.53. The van der Waals surface area contributed by atoms with E-state index >= 15 is 0 Å². The molecule has 0 heterocycles. The zero-order chi connectivity index (χ0) is 13.6. The van der Waals surface area contributed by atoms with Crippen molar-refractivity contribution >= 4 is 11.6 Å². The maximum Gasteiger partial charge on any atom is 0.147 e. The maximum atomic E-state index is 12.1. The first-order valence-corrected chi connectivity index (χ1v) is 6.49. The molecule has 0 radical (unpaired) electrons. The molecule has 0 spiro atoms. The van der Waals surface area contributed by atoms with Gasteiger partial charge in [0.1, 0.15) is 11.6 Å². The quantitative estimate of drug-likeness (QED) is 0.655. The van der Waals surface area contributed by atoms with Gasteiger partial charge in [0.25, 0.3) is 0 Å². The van der Waals surface area contributed by atoms with Crippen LogP contribution in [-0.4, -0.2) is 37.1 Å². The normalized spacial score (nSPS) is 15.1. The molecule has 0 aromatic rings. The van der Waals surface area contributed by atoms with Crippen molar-refractivity contribution < 1.29 is 9.59 Å². The van der Waals surface area contributed by atoms with Crippen LogP contribution in [0.25, 0.3) is 0 Å². The van der Waals surface area contributed by atoms with E-state index in [2.05, 4.69) is 13.8 Å². The summed E-state index contributed by atoms with van der Waals surface area (Å²) in [6.07, 6.45) is 1.34.